The molecule has 9 heteroatoms. The van der Waals surface area contributed by atoms with Gasteiger partial charge < -0.3 is 28.1 Å². The van der Waals surface area contributed by atoms with Gasteiger partial charge in [-0.15, -0.1) is 0 Å². The van der Waals surface area contributed by atoms with Crippen LogP contribution in [0.25, 0.3) is 21.9 Å². The molecule has 1 aliphatic heterocycles. The van der Waals surface area contributed by atoms with Crippen molar-refractivity contribution in [2.45, 2.75) is 45.5 Å². The first kappa shape index (κ1) is 22.4. The standard InChI is InChI=1S/C24H24O9/c1-11(25)30-22-18-16(33-24(3,4)23(22)31-12(2)26)10-15-17(21(18)29-6)19(27)13-8-7-9-14(28-5)20(13)32-15/h7-10,22-23H,1-6H3/t22-,23-/m0/s1. The SMILES string of the molecule is COc1cccc2c(=O)c3c(OC)c4c(cc3oc12)OC(C)(C)[C@@H](OC(C)=O)[C@H]4OC(C)=O. The zero-order chi connectivity index (χ0) is 24.1. The molecule has 2 heterocycles. The van der Waals surface area contributed by atoms with Crippen molar-refractivity contribution >= 4 is 33.9 Å². The molecule has 0 N–H and O–H groups in total. The van der Waals surface area contributed by atoms with Crippen molar-refractivity contribution in [3.63, 3.8) is 0 Å². The fraction of sp³-hybridized carbons (Fsp3) is 0.375. The molecule has 174 valence electrons. The lowest BCUT2D eigenvalue weighted by molar-refractivity contribution is -0.188. The smallest absolute Gasteiger partial charge is 0.303 e. The summed E-state index contributed by atoms with van der Waals surface area (Å²) in [5.41, 5.74) is -0.674. The van der Waals surface area contributed by atoms with Crippen molar-refractivity contribution in [2.24, 2.45) is 0 Å². The van der Waals surface area contributed by atoms with E-state index >= 15 is 0 Å². The Morgan fingerprint density at radius 3 is 2.33 bits per heavy atom. The van der Waals surface area contributed by atoms with Crippen LogP contribution in [-0.2, 0) is 19.1 Å². The van der Waals surface area contributed by atoms with Crippen molar-refractivity contribution in [1.82, 2.24) is 0 Å². The van der Waals surface area contributed by atoms with Gasteiger partial charge in [0.2, 0.25) is 5.43 Å². The Bertz CT molecular complexity index is 1340. The van der Waals surface area contributed by atoms with E-state index in [9.17, 15) is 14.4 Å². The first-order chi connectivity index (χ1) is 15.6. The summed E-state index contributed by atoms with van der Waals surface area (Å²) in [4.78, 5) is 37.4. The van der Waals surface area contributed by atoms with E-state index < -0.39 is 29.7 Å². The maximum atomic E-state index is 13.5. The summed E-state index contributed by atoms with van der Waals surface area (Å²) < 4.78 is 34.3. The summed E-state index contributed by atoms with van der Waals surface area (Å²) in [5, 5.41) is 0.428. The third kappa shape index (κ3) is 3.63. The molecule has 33 heavy (non-hydrogen) atoms. The van der Waals surface area contributed by atoms with Gasteiger partial charge in [-0.25, -0.2) is 0 Å². The van der Waals surface area contributed by atoms with Crippen LogP contribution in [0.2, 0.25) is 0 Å². The monoisotopic (exact) mass is 456 g/mol. The predicted molar refractivity (Wildman–Crippen MR) is 118 cm³/mol. The number of para-hydroxylation sites is 1. The number of esters is 2. The van der Waals surface area contributed by atoms with Crippen LogP contribution in [-0.4, -0.2) is 37.9 Å². The highest BCUT2D eigenvalue weighted by Crippen LogP contribution is 2.50. The van der Waals surface area contributed by atoms with Crippen LogP contribution < -0.4 is 19.6 Å². The fourth-order valence-electron chi connectivity index (χ4n) is 4.23. The van der Waals surface area contributed by atoms with E-state index in [1.165, 1.54) is 28.1 Å². The van der Waals surface area contributed by atoms with Gasteiger partial charge in [0.25, 0.3) is 0 Å². The summed E-state index contributed by atoms with van der Waals surface area (Å²) >= 11 is 0. The zero-order valence-corrected chi connectivity index (χ0v) is 19.1. The Balaban J connectivity index is 2.11. The molecule has 0 spiro atoms. The van der Waals surface area contributed by atoms with E-state index in [1.807, 2.05) is 0 Å². The Kier molecular flexibility index (Phi) is 5.43. The van der Waals surface area contributed by atoms with Crippen molar-refractivity contribution in [2.75, 3.05) is 14.2 Å². The maximum absolute atomic E-state index is 13.5. The molecule has 9 nitrogen and oxygen atoms in total. The van der Waals surface area contributed by atoms with E-state index in [0.29, 0.717) is 5.75 Å². The number of rotatable bonds is 4. The number of fused-ring (bicyclic) bond motifs is 3. The van der Waals surface area contributed by atoms with Crippen LogP contribution >= 0.6 is 0 Å². The number of ether oxygens (including phenoxy) is 5. The average Bonchev–Trinajstić information content (AvgIpc) is 2.73. The molecule has 2 atom stereocenters. The van der Waals surface area contributed by atoms with Gasteiger partial charge in [-0.1, -0.05) is 6.07 Å². The molecule has 0 amide bonds. The van der Waals surface area contributed by atoms with Gasteiger partial charge in [0, 0.05) is 19.9 Å². The number of benzene rings is 2. The molecule has 0 aliphatic carbocycles. The molecule has 1 aromatic heterocycles. The second kappa shape index (κ2) is 7.99. The number of carbonyl (C=O) groups is 2. The molecule has 0 unspecified atom stereocenters. The Labute approximate surface area is 189 Å². The molecular weight excluding hydrogens is 432 g/mol. The van der Waals surface area contributed by atoms with Crippen LogP contribution in [0.4, 0.5) is 0 Å². The molecule has 0 radical (unpaired) electrons. The van der Waals surface area contributed by atoms with E-state index in [0.717, 1.165) is 0 Å². The van der Waals surface area contributed by atoms with Crippen LogP contribution in [0.1, 0.15) is 39.4 Å². The van der Waals surface area contributed by atoms with Gasteiger partial charge in [-0.2, -0.15) is 0 Å². The number of methoxy groups -OCH3 is 2. The molecule has 3 aromatic rings. The molecule has 1 aliphatic rings. The lowest BCUT2D eigenvalue weighted by Crippen LogP contribution is -2.52. The molecule has 2 aromatic carbocycles. The van der Waals surface area contributed by atoms with Crippen LogP contribution in [0, 0.1) is 0 Å². The molecule has 0 bridgehead atoms. The van der Waals surface area contributed by atoms with Crippen molar-refractivity contribution < 1.29 is 37.7 Å². The highest BCUT2D eigenvalue weighted by Gasteiger charge is 2.50. The summed E-state index contributed by atoms with van der Waals surface area (Å²) in [7, 11) is 2.87. The van der Waals surface area contributed by atoms with Crippen LogP contribution in [0.3, 0.4) is 0 Å². The van der Waals surface area contributed by atoms with E-state index in [-0.39, 0.29) is 44.4 Å². The number of hydrogen-bond acceptors (Lipinski definition) is 9. The second-order valence-corrected chi connectivity index (χ2v) is 8.23. The van der Waals surface area contributed by atoms with Crippen LogP contribution in [0.15, 0.2) is 33.5 Å². The molecule has 0 fully saturated rings. The molecule has 0 saturated heterocycles. The molecule has 4 rings (SSSR count). The van der Waals surface area contributed by atoms with Gasteiger partial charge in [0.05, 0.1) is 25.2 Å². The minimum Gasteiger partial charge on any atom is -0.495 e. The normalized spacial score (nSPS) is 18.8. The average molecular weight is 456 g/mol. The maximum Gasteiger partial charge on any atom is 0.303 e. The van der Waals surface area contributed by atoms with Gasteiger partial charge in [-0.3, -0.25) is 14.4 Å². The summed E-state index contributed by atoms with van der Waals surface area (Å²) in [6.45, 7) is 5.91. The number of hydrogen-bond donors (Lipinski definition) is 0. The predicted octanol–water partition coefficient (Wildman–Crippen LogP) is 3.67. The van der Waals surface area contributed by atoms with Crippen molar-refractivity contribution in [3.8, 4) is 17.2 Å². The van der Waals surface area contributed by atoms with Gasteiger partial charge >= 0.3 is 11.9 Å². The van der Waals surface area contributed by atoms with Crippen molar-refractivity contribution in [3.05, 3.63) is 40.1 Å². The minimum absolute atomic E-state index is 0.111. The Morgan fingerprint density at radius 2 is 1.73 bits per heavy atom. The lowest BCUT2D eigenvalue weighted by atomic mass is 9.86. The van der Waals surface area contributed by atoms with Gasteiger partial charge in [0.15, 0.2) is 23.5 Å². The van der Waals surface area contributed by atoms with Gasteiger partial charge in [0.1, 0.15) is 28.1 Å². The largest absolute Gasteiger partial charge is 0.495 e. The Hall–Kier alpha value is -3.75. The van der Waals surface area contributed by atoms with Crippen LogP contribution in [0.5, 0.6) is 17.2 Å². The van der Waals surface area contributed by atoms with E-state index in [4.69, 9.17) is 28.1 Å². The van der Waals surface area contributed by atoms with Gasteiger partial charge in [-0.05, 0) is 26.0 Å². The second-order valence-electron chi connectivity index (χ2n) is 8.23. The summed E-state index contributed by atoms with van der Waals surface area (Å²) in [5.74, 6) is -0.388. The fourth-order valence-corrected chi connectivity index (χ4v) is 4.23. The lowest BCUT2D eigenvalue weighted by Gasteiger charge is -2.43. The quantitative estimate of drug-likeness (QED) is 0.429. The first-order valence-electron chi connectivity index (χ1n) is 10.3. The third-order valence-corrected chi connectivity index (χ3v) is 5.54. The highest BCUT2D eigenvalue weighted by atomic mass is 16.6. The van der Waals surface area contributed by atoms with E-state index in [1.54, 1.807) is 38.1 Å². The van der Waals surface area contributed by atoms with Crippen molar-refractivity contribution in [1.29, 1.82) is 0 Å². The summed E-state index contributed by atoms with van der Waals surface area (Å²) in [6, 6.07) is 6.53. The molecule has 0 saturated carbocycles. The number of carbonyl (C=O) groups excluding carboxylic acids is 2. The molecular formula is C24H24O9. The Morgan fingerprint density at radius 1 is 1.03 bits per heavy atom. The third-order valence-electron chi connectivity index (χ3n) is 5.54. The van der Waals surface area contributed by atoms with E-state index in [2.05, 4.69) is 0 Å². The highest BCUT2D eigenvalue weighted by molar-refractivity contribution is 5.97. The zero-order valence-electron chi connectivity index (χ0n) is 19.1. The minimum atomic E-state index is -1.08. The topological polar surface area (TPSA) is 111 Å². The summed E-state index contributed by atoms with van der Waals surface area (Å²) in [6.07, 6.45) is -2.07. The first-order valence-corrected chi connectivity index (χ1v) is 10.3.